The van der Waals surface area contributed by atoms with Gasteiger partial charge in [0.2, 0.25) is 0 Å². The minimum Gasteiger partial charge on any atom is -0.248 e. The Balaban J connectivity index is 2.14. The summed E-state index contributed by atoms with van der Waals surface area (Å²) in [7, 11) is -2.88. The third-order valence-electron chi connectivity index (χ3n) is 2.79. The number of hydrogen-bond acceptors (Lipinski definition) is 4. The number of nitrogens with zero attached hydrogens (tertiary/aromatic N) is 3. The number of aromatic nitrogens is 3. The van der Waals surface area contributed by atoms with E-state index in [0.29, 0.717) is 12.1 Å². The maximum atomic E-state index is 11.3. The summed E-state index contributed by atoms with van der Waals surface area (Å²) in [6.07, 6.45) is 3.15. The van der Waals surface area contributed by atoms with Gasteiger partial charge < -0.3 is 0 Å². The first-order chi connectivity index (χ1) is 7.52. The van der Waals surface area contributed by atoms with E-state index in [0.717, 1.165) is 6.42 Å². The number of halogens is 1. The van der Waals surface area contributed by atoms with Gasteiger partial charge in [0.15, 0.2) is 9.84 Å². The predicted octanol–water partition coefficient (Wildman–Crippen LogP) is 1.33. The Morgan fingerprint density at radius 2 is 2.44 bits per heavy atom. The Labute approximate surface area is 99.7 Å². The Kier molecular flexibility index (Phi) is 3.21. The van der Waals surface area contributed by atoms with Crippen molar-refractivity contribution in [3.63, 3.8) is 0 Å². The minimum absolute atomic E-state index is 0.0769. The molecule has 16 heavy (non-hydrogen) atoms. The fourth-order valence-electron chi connectivity index (χ4n) is 1.81. The standard InChI is InChI=1S/C9H14ClN3O2S/c1-2-8(10)9-5-13(12-11-9)7-3-4-16(14,15)6-7/h5,7-8H,2-4,6H2,1H3. The lowest BCUT2D eigenvalue weighted by atomic mass is 10.2. The highest BCUT2D eigenvalue weighted by Gasteiger charge is 2.30. The first kappa shape index (κ1) is 11.9. The zero-order valence-corrected chi connectivity index (χ0v) is 10.6. The summed E-state index contributed by atoms with van der Waals surface area (Å²) in [6, 6.07) is -0.0769. The Hall–Kier alpha value is -0.620. The second-order valence-corrected chi connectivity index (χ2v) is 6.81. The van der Waals surface area contributed by atoms with Gasteiger partial charge in [0.25, 0.3) is 0 Å². The minimum atomic E-state index is -2.88. The summed E-state index contributed by atoms with van der Waals surface area (Å²) in [4.78, 5) is 0. The van der Waals surface area contributed by atoms with E-state index in [1.165, 1.54) is 0 Å². The Morgan fingerprint density at radius 3 is 3.00 bits per heavy atom. The van der Waals surface area contributed by atoms with Crippen LogP contribution in [0, 0.1) is 0 Å². The molecule has 0 bridgehead atoms. The highest BCUT2D eigenvalue weighted by molar-refractivity contribution is 7.91. The van der Waals surface area contributed by atoms with Crippen molar-refractivity contribution in [2.75, 3.05) is 11.5 Å². The number of alkyl halides is 1. The van der Waals surface area contributed by atoms with E-state index in [4.69, 9.17) is 11.6 Å². The van der Waals surface area contributed by atoms with Gasteiger partial charge in [-0.15, -0.1) is 16.7 Å². The summed E-state index contributed by atoms with van der Waals surface area (Å²) in [5, 5.41) is 7.77. The van der Waals surface area contributed by atoms with Crippen molar-refractivity contribution in [1.29, 1.82) is 0 Å². The largest absolute Gasteiger partial charge is 0.248 e. The topological polar surface area (TPSA) is 64.8 Å². The zero-order chi connectivity index (χ0) is 11.8. The lowest BCUT2D eigenvalue weighted by molar-refractivity contribution is 0.484. The SMILES string of the molecule is CCC(Cl)c1cn(C2CCS(=O)(=O)C2)nn1. The van der Waals surface area contributed by atoms with Crippen molar-refractivity contribution in [2.24, 2.45) is 0 Å². The Bertz CT molecular complexity index is 471. The number of rotatable bonds is 3. The second-order valence-electron chi connectivity index (χ2n) is 4.06. The van der Waals surface area contributed by atoms with Crippen LogP contribution in [0.2, 0.25) is 0 Å². The summed E-state index contributed by atoms with van der Waals surface area (Å²) in [5.74, 6) is 0.403. The molecule has 0 N–H and O–H groups in total. The molecule has 0 spiro atoms. The maximum absolute atomic E-state index is 11.3. The van der Waals surface area contributed by atoms with Crippen LogP contribution < -0.4 is 0 Å². The monoisotopic (exact) mass is 263 g/mol. The molecular formula is C9H14ClN3O2S. The van der Waals surface area contributed by atoms with Crippen LogP contribution in [0.4, 0.5) is 0 Å². The van der Waals surface area contributed by atoms with Crippen LogP contribution in [0.1, 0.15) is 36.9 Å². The zero-order valence-electron chi connectivity index (χ0n) is 9.00. The number of hydrogen-bond donors (Lipinski definition) is 0. The van der Waals surface area contributed by atoms with Crippen LogP contribution >= 0.6 is 11.6 Å². The van der Waals surface area contributed by atoms with Crippen molar-refractivity contribution in [3.05, 3.63) is 11.9 Å². The van der Waals surface area contributed by atoms with Crippen LogP contribution in [-0.2, 0) is 9.84 Å². The van der Waals surface area contributed by atoms with Crippen LogP contribution in [-0.4, -0.2) is 34.9 Å². The van der Waals surface area contributed by atoms with Gasteiger partial charge in [0, 0.05) is 0 Å². The van der Waals surface area contributed by atoms with E-state index < -0.39 is 9.84 Å². The highest BCUT2D eigenvalue weighted by atomic mass is 35.5. The molecule has 2 atom stereocenters. The molecule has 7 heteroatoms. The first-order valence-electron chi connectivity index (χ1n) is 5.28. The molecule has 1 aliphatic heterocycles. The second kappa shape index (κ2) is 4.33. The van der Waals surface area contributed by atoms with E-state index in [1.807, 2.05) is 6.92 Å². The maximum Gasteiger partial charge on any atom is 0.152 e. The molecule has 1 saturated heterocycles. The fraction of sp³-hybridized carbons (Fsp3) is 0.778. The van der Waals surface area contributed by atoms with E-state index in [2.05, 4.69) is 10.3 Å². The molecule has 0 aromatic carbocycles. The van der Waals surface area contributed by atoms with E-state index in [1.54, 1.807) is 10.9 Å². The summed E-state index contributed by atoms with van der Waals surface area (Å²) < 4.78 is 24.3. The molecule has 0 aliphatic carbocycles. The quantitative estimate of drug-likeness (QED) is 0.772. The van der Waals surface area contributed by atoms with Gasteiger partial charge in [-0.2, -0.15) is 0 Å². The van der Waals surface area contributed by atoms with E-state index in [9.17, 15) is 8.42 Å². The van der Waals surface area contributed by atoms with Crippen molar-refractivity contribution >= 4 is 21.4 Å². The van der Waals surface area contributed by atoms with Gasteiger partial charge in [-0.3, -0.25) is 0 Å². The van der Waals surface area contributed by atoms with E-state index in [-0.39, 0.29) is 22.9 Å². The smallest absolute Gasteiger partial charge is 0.152 e. The van der Waals surface area contributed by atoms with Crippen molar-refractivity contribution in [3.8, 4) is 0 Å². The summed E-state index contributed by atoms with van der Waals surface area (Å²) in [6.45, 7) is 1.97. The van der Waals surface area contributed by atoms with Gasteiger partial charge in [0.05, 0.1) is 29.1 Å². The average Bonchev–Trinajstić information content (AvgIpc) is 2.83. The van der Waals surface area contributed by atoms with Crippen LogP contribution in [0.3, 0.4) is 0 Å². The number of sulfone groups is 1. The van der Waals surface area contributed by atoms with Crippen molar-refractivity contribution in [1.82, 2.24) is 15.0 Å². The fourth-order valence-corrected chi connectivity index (χ4v) is 3.61. The van der Waals surface area contributed by atoms with Gasteiger partial charge in [-0.25, -0.2) is 13.1 Å². The molecule has 2 unspecified atom stereocenters. The normalized spacial score (nSPS) is 25.8. The van der Waals surface area contributed by atoms with Gasteiger partial charge in [-0.05, 0) is 12.8 Å². The summed E-state index contributed by atoms with van der Waals surface area (Å²) >= 11 is 6.03. The van der Waals surface area contributed by atoms with Gasteiger partial charge in [0.1, 0.15) is 5.69 Å². The first-order valence-corrected chi connectivity index (χ1v) is 7.54. The van der Waals surface area contributed by atoms with Crippen molar-refractivity contribution < 1.29 is 8.42 Å². The highest BCUT2D eigenvalue weighted by Crippen LogP contribution is 2.26. The van der Waals surface area contributed by atoms with Gasteiger partial charge in [-0.1, -0.05) is 12.1 Å². The molecule has 1 aromatic rings. The average molecular weight is 264 g/mol. The predicted molar refractivity (Wildman–Crippen MR) is 61.2 cm³/mol. The van der Waals surface area contributed by atoms with E-state index >= 15 is 0 Å². The molecule has 1 fully saturated rings. The molecular weight excluding hydrogens is 250 g/mol. The third-order valence-corrected chi connectivity index (χ3v) is 5.07. The van der Waals surface area contributed by atoms with Gasteiger partial charge >= 0.3 is 0 Å². The van der Waals surface area contributed by atoms with Crippen LogP contribution in [0.15, 0.2) is 6.20 Å². The molecule has 1 aromatic heterocycles. The van der Waals surface area contributed by atoms with Crippen LogP contribution in [0.25, 0.3) is 0 Å². The molecule has 0 radical (unpaired) electrons. The molecule has 1 aliphatic rings. The lowest BCUT2D eigenvalue weighted by Crippen LogP contribution is -2.11. The Morgan fingerprint density at radius 1 is 1.69 bits per heavy atom. The lowest BCUT2D eigenvalue weighted by Gasteiger charge is -2.06. The third kappa shape index (κ3) is 2.38. The molecule has 2 heterocycles. The molecule has 5 nitrogen and oxygen atoms in total. The molecule has 90 valence electrons. The summed E-state index contributed by atoms with van der Waals surface area (Å²) in [5.41, 5.74) is 0.716. The molecule has 0 saturated carbocycles. The van der Waals surface area contributed by atoms with Crippen molar-refractivity contribution in [2.45, 2.75) is 31.2 Å². The molecule has 0 amide bonds. The van der Waals surface area contributed by atoms with Crippen LogP contribution in [0.5, 0.6) is 0 Å². The molecule has 2 rings (SSSR count).